The van der Waals surface area contributed by atoms with E-state index in [0.717, 1.165) is 6.61 Å². The lowest BCUT2D eigenvalue weighted by Crippen LogP contribution is -2.14. The van der Waals surface area contributed by atoms with E-state index in [0.29, 0.717) is 11.5 Å². The zero-order valence-corrected chi connectivity index (χ0v) is 24.9. The number of hydrogen-bond acceptors (Lipinski definition) is 1. The SMILES string of the molecule is CCCCCCCCCCOC(CCCCCCCCCC)CCCCCCCCC(C)(C)C. The predicted molar refractivity (Wildman–Crippen MR) is 156 cm³/mol. The lowest BCUT2D eigenvalue weighted by molar-refractivity contribution is 0.0357. The van der Waals surface area contributed by atoms with Crippen LogP contribution in [0, 0.1) is 5.41 Å². The van der Waals surface area contributed by atoms with E-state index in [2.05, 4.69) is 34.6 Å². The quantitative estimate of drug-likeness (QED) is 0.106. The van der Waals surface area contributed by atoms with Gasteiger partial charge >= 0.3 is 0 Å². The van der Waals surface area contributed by atoms with Gasteiger partial charge in [0, 0.05) is 6.61 Å². The van der Waals surface area contributed by atoms with Crippen LogP contribution in [-0.4, -0.2) is 12.7 Å². The second-order valence-corrected chi connectivity index (χ2v) is 12.5. The van der Waals surface area contributed by atoms with Crippen molar-refractivity contribution in [2.45, 2.75) is 201 Å². The average molecular weight is 481 g/mol. The standard InChI is InChI=1S/C33H68O/c1-6-8-10-12-14-16-20-24-28-32(34-31-27-23-19-15-13-11-9-7-2)29-25-21-17-18-22-26-30-33(3,4)5/h32H,6-31H2,1-5H3. The molecule has 1 unspecified atom stereocenters. The van der Waals surface area contributed by atoms with Gasteiger partial charge in [0.25, 0.3) is 0 Å². The van der Waals surface area contributed by atoms with E-state index < -0.39 is 0 Å². The van der Waals surface area contributed by atoms with Crippen LogP contribution < -0.4 is 0 Å². The molecule has 0 spiro atoms. The minimum absolute atomic E-state index is 0.509. The highest BCUT2D eigenvalue weighted by Crippen LogP contribution is 2.23. The van der Waals surface area contributed by atoms with E-state index in [1.807, 2.05) is 0 Å². The fourth-order valence-electron chi connectivity index (χ4n) is 5.04. The molecule has 0 radical (unpaired) electrons. The van der Waals surface area contributed by atoms with Crippen molar-refractivity contribution >= 4 is 0 Å². The third-order valence-electron chi connectivity index (χ3n) is 7.43. The molecular weight excluding hydrogens is 412 g/mol. The number of unbranched alkanes of at least 4 members (excludes halogenated alkanes) is 19. The Morgan fingerprint density at radius 2 is 0.794 bits per heavy atom. The van der Waals surface area contributed by atoms with Crippen molar-refractivity contribution in [3.63, 3.8) is 0 Å². The van der Waals surface area contributed by atoms with Gasteiger partial charge < -0.3 is 4.74 Å². The number of ether oxygens (including phenoxy) is 1. The van der Waals surface area contributed by atoms with Crippen molar-refractivity contribution in [1.29, 1.82) is 0 Å². The number of rotatable bonds is 27. The molecular formula is C33H68O. The zero-order valence-electron chi connectivity index (χ0n) is 24.9. The molecule has 0 aliphatic heterocycles. The van der Waals surface area contributed by atoms with Crippen molar-refractivity contribution in [3.8, 4) is 0 Å². The van der Waals surface area contributed by atoms with Gasteiger partial charge in [-0.05, 0) is 31.1 Å². The lowest BCUT2D eigenvalue weighted by Gasteiger charge is -2.18. The molecule has 0 aromatic heterocycles. The van der Waals surface area contributed by atoms with Crippen LogP contribution in [-0.2, 0) is 4.74 Å². The van der Waals surface area contributed by atoms with Crippen LogP contribution in [0.3, 0.4) is 0 Å². The van der Waals surface area contributed by atoms with E-state index in [-0.39, 0.29) is 0 Å². The second kappa shape index (κ2) is 26.0. The molecule has 0 saturated heterocycles. The van der Waals surface area contributed by atoms with E-state index in [1.54, 1.807) is 0 Å². The predicted octanol–water partition coefficient (Wildman–Crippen LogP) is 12.2. The first-order valence-corrected chi connectivity index (χ1v) is 16.1. The van der Waals surface area contributed by atoms with E-state index in [9.17, 15) is 0 Å². The largest absolute Gasteiger partial charge is 0.378 e. The highest BCUT2D eigenvalue weighted by molar-refractivity contribution is 4.63. The number of hydrogen-bond donors (Lipinski definition) is 0. The van der Waals surface area contributed by atoms with Crippen LogP contribution in [0.2, 0.25) is 0 Å². The summed E-state index contributed by atoms with van der Waals surface area (Å²) in [6.07, 6.45) is 35.4. The van der Waals surface area contributed by atoms with Crippen molar-refractivity contribution in [3.05, 3.63) is 0 Å². The van der Waals surface area contributed by atoms with Crippen LogP contribution in [0.5, 0.6) is 0 Å². The van der Waals surface area contributed by atoms with E-state index in [1.165, 1.54) is 161 Å². The molecule has 34 heavy (non-hydrogen) atoms. The van der Waals surface area contributed by atoms with Gasteiger partial charge in [0.15, 0.2) is 0 Å². The summed E-state index contributed by atoms with van der Waals surface area (Å²) < 4.78 is 6.43. The Kier molecular flexibility index (Phi) is 26.0. The third kappa shape index (κ3) is 28.2. The Balaban J connectivity index is 3.90. The molecule has 0 bridgehead atoms. The molecule has 1 nitrogen and oxygen atoms in total. The highest BCUT2D eigenvalue weighted by Gasteiger charge is 2.10. The molecule has 0 aromatic carbocycles. The summed E-state index contributed by atoms with van der Waals surface area (Å²) in [4.78, 5) is 0. The Morgan fingerprint density at radius 3 is 1.21 bits per heavy atom. The summed E-state index contributed by atoms with van der Waals surface area (Å²) in [5, 5.41) is 0. The molecule has 0 heterocycles. The van der Waals surface area contributed by atoms with Gasteiger partial charge in [-0.15, -0.1) is 0 Å². The molecule has 0 amide bonds. The molecule has 0 aromatic rings. The van der Waals surface area contributed by atoms with Crippen molar-refractivity contribution < 1.29 is 4.74 Å². The molecule has 0 rings (SSSR count). The molecule has 0 N–H and O–H groups in total. The van der Waals surface area contributed by atoms with Gasteiger partial charge in [-0.2, -0.15) is 0 Å². The normalized spacial score (nSPS) is 13.0. The first-order chi connectivity index (χ1) is 16.5. The Morgan fingerprint density at radius 1 is 0.441 bits per heavy atom. The van der Waals surface area contributed by atoms with Gasteiger partial charge in [-0.3, -0.25) is 0 Å². The molecule has 206 valence electrons. The maximum absolute atomic E-state index is 6.43. The Bertz CT molecular complexity index is 369. The van der Waals surface area contributed by atoms with Crippen LogP contribution in [0.25, 0.3) is 0 Å². The average Bonchev–Trinajstić information content (AvgIpc) is 2.80. The fraction of sp³-hybridized carbons (Fsp3) is 1.00. The minimum Gasteiger partial charge on any atom is -0.378 e. The lowest BCUT2D eigenvalue weighted by atomic mass is 9.89. The maximum atomic E-state index is 6.43. The van der Waals surface area contributed by atoms with Crippen LogP contribution in [0.4, 0.5) is 0 Å². The van der Waals surface area contributed by atoms with Crippen LogP contribution in [0.15, 0.2) is 0 Å². The van der Waals surface area contributed by atoms with Gasteiger partial charge in [0.1, 0.15) is 0 Å². The van der Waals surface area contributed by atoms with Crippen molar-refractivity contribution in [1.82, 2.24) is 0 Å². The summed E-state index contributed by atoms with van der Waals surface area (Å²) >= 11 is 0. The second-order valence-electron chi connectivity index (χ2n) is 12.5. The van der Waals surface area contributed by atoms with E-state index in [4.69, 9.17) is 4.74 Å². The van der Waals surface area contributed by atoms with Crippen molar-refractivity contribution in [2.75, 3.05) is 6.61 Å². The van der Waals surface area contributed by atoms with Gasteiger partial charge in [0.05, 0.1) is 6.10 Å². The minimum atomic E-state index is 0.509. The van der Waals surface area contributed by atoms with Gasteiger partial charge in [-0.1, -0.05) is 169 Å². The molecule has 1 atom stereocenters. The summed E-state index contributed by atoms with van der Waals surface area (Å²) in [6.45, 7) is 12.7. The molecule has 1 heteroatoms. The van der Waals surface area contributed by atoms with Gasteiger partial charge in [0.2, 0.25) is 0 Å². The molecule has 0 fully saturated rings. The zero-order chi connectivity index (χ0) is 25.2. The topological polar surface area (TPSA) is 9.23 Å². The Labute approximate surface area is 218 Å². The summed E-state index contributed by atoms with van der Waals surface area (Å²) in [7, 11) is 0. The monoisotopic (exact) mass is 481 g/mol. The fourth-order valence-corrected chi connectivity index (χ4v) is 5.04. The van der Waals surface area contributed by atoms with E-state index >= 15 is 0 Å². The van der Waals surface area contributed by atoms with Crippen molar-refractivity contribution in [2.24, 2.45) is 5.41 Å². The maximum Gasteiger partial charge on any atom is 0.0575 e. The van der Waals surface area contributed by atoms with Gasteiger partial charge in [-0.25, -0.2) is 0 Å². The smallest absolute Gasteiger partial charge is 0.0575 e. The summed E-state index contributed by atoms with van der Waals surface area (Å²) in [6, 6.07) is 0. The summed E-state index contributed by atoms with van der Waals surface area (Å²) in [5.41, 5.74) is 0.509. The third-order valence-corrected chi connectivity index (χ3v) is 7.43. The highest BCUT2D eigenvalue weighted by atomic mass is 16.5. The Hall–Kier alpha value is -0.0400. The van der Waals surface area contributed by atoms with Crippen LogP contribution >= 0.6 is 0 Å². The first-order valence-electron chi connectivity index (χ1n) is 16.1. The summed E-state index contributed by atoms with van der Waals surface area (Å²) in [5.74, 6) is 0. The van der Waals surface area contributed by atoms with Crippen LogP contribution in [0.1, 0.15) is 195 Å². The molecule has 0 aliphatic rings. The molecule has 0 saturated carbocycles. The molecule has 0 aliphatic carbocycles. The first kappa shape index (κ1) is 34.0.